The molecule has 2 aliphatic heterocycles. The summed E-state index contributed by atoms with van der Waals surface area (Å²) in [5.41, 5.74) is 7.82. The first kappa shape index (κ1) is 13.7. The monoisotopic (exact) mass is 349 g/mol. The molecule has 1 unspecified atom stereocenters. The van der Waals surface area contributed by atoms with E-state index in [1.807, 2.05) is 0 Å². The van der Waals surface area contributed by atoms with Crippen molar-refractivity contribution in [2.75, 3.05) is 23.7 Å². The SMILES string of the molecule is Nc1nc(N2CC3C[C@H]2CN3)c2oc3ccc(Cl)c(Cl)c3c2n1. The van der Waals surface area contributed by atoms with Crippen LogP contribution in [0.1, 0.15) is 6.42 Å². The van der Waals surface area contributed by atoms with Crippen LogP contribution in [0, 0.1) is 0 Å². The number of nitrogens with two attached hydrogens (primary N) is 1. The third-order valence-corrected chi connectivity index (χ3v) is 5.50. The molecular formula is C15H13Cl2N5O. The van der Waals surface area contributed by atoms with Gasteiger partial charge >= 0.3 is 0 Å². The fourth-order valence-electron chi connectivity index (χ4n) is 3.68. The van der Waals surface area contributed by atoms with Crippen LogP contribution >= 0.6 is 23.2 Å². The molecule has 4 heterocycles. The van der Waals surface area contributed by atoms with Gasteiger partial charge in [-0.3, -0.25) is 0 Å². The maximum Gasteiger partial charge on any atom is 0.222 e. The molecule has 0 saturated carbocycles. The number of nitrogen functional groups attached to an aromatic ring is 1. The predicted octanol–water partition coefficient (Wildman–Crippen LogP) is 2.82. The zero-order valence-electron chi connectivity index (χ0n) is 12.0. The summed E-state index contributed by atoms with van der Waals surface area (Å²) in [6, 6.07) is 4.41. The summed E-state index contributed by atoms with van der Waals surface area (Å²) in [4.78, 5) is 11.0. The number of benzene rings is 1. The molecule has 2 aromatic heterocycles. The molecule has 3 aromatic rings. The average Bonchev–Trinajstić information content (AvgIpc) is 3.23. The summed E-state index contributed by atoms with van der Waals surface area (Å²) < 4.78 is 6.01. The Hall–Kier alpha value is -1.76. The molecule has 3 N–H and O–H groups in total. The molecule has 6 nitrogen and oxygen atoms in total. The van der Waals surface area contributed by atoms with Gasteiger partial charge in [0.25, 0.3) is 0 Å². The third-order valence-electron chi connectivity index (χ3n) is 4.70. The Morgan fingerprint density at radius 1 is 1.30 bits per heavy atom. The minimum absolute atomic E-state index is 0.210. The number of furan rings is 1. The van der Waals surface area contributed by atoms with Crippen molar-refractivity contribution in [3.8, 4) is 0 Å². The first-order valence-electron chi connectivity index (χ1n) is 7.45. The maximum atomic E-state index is 6.36. The molecule has 0 aliphatic carbocycles. The molecule has 0 amide bonds. The van der Waals surface area contributed by atoms with E-state index in [1.165, 1.54) is 0 Å². The summed E-state index contributed by atoms with van der Waals surface area (Å²) in [7, 11) is 0. The molecule has 5 rings (SSSR count). The van der Waals surface area contributed by atoms with Crippen molar-refractivity contribution >= 4 is 57.0 Å². The minimum Gasteiger partial charge on any atom is -0.450 e. The molecule has 8 heteroatoms. The molecule has 2 bridgehead atoms. The standard InChI is InChI=1S/C15H13Cl2N5O/c16-8-1-2-9-10(11(8)17)12-13(23-9)14(21-15(18)20-12)22-5-6-3-7(22)4-19-6/h1-2,6-7,19H,3-5H2,(H2,18,20,21)/t6?,7-/m0/s1. The molecule has 2 saturated heterocycles. The van der Waals surface area contributed by atoms with E-state index in [0.717, 1.165) is 25.3 Å². The highest BCUT2D eigenvalue weighted by Crippen LogP contribution is 2.41. The number of hydrogen-bond acceptors (Lipinski definition) is 6. The third kappa shape index (κ3) is 1.86. The van der Waals surface area contributed by atoms with Crippen molar-refractivity contribution in [3.63, 3.8) is 0 Å². The van der Waals surface area contributed by atoms with Crippen molar-refractivity contribution in [2.24, 2.45) is 0 Å². The summed E-state index contributed by atoms with van der Waals surface area (Å²) in [5, 5.41) is 5.05. The van der Waals surface area contributed by atoms with Crippen LogP contribution in [0.3, 0.4) is 0 Å². The van der Waals surface area contributed by atoms with Crippen LogP contribution in [0.5, 0.6) is 0 Å². The Morgan fingerprint density at radius 2 is 2.17 bits per heavy atom. The van der Waals surface area contributed by atoms with Crippen LogP contribution in [0.4, 0.5) is 11.8 Å². The van der Waals surface area contributed by atoms with Crippen molar-refractivity contribution in [1.82, 2.24) is 15.3 Å². The lowest BCUT2D eigenvalue weighted by atomic mass is 10.2. The van der Waals surface area contributed by atoms with Gasteiger partial charge in [-0.15, -0.1) is 0 Å². The van der Waals surface area contributed by atoms with Crippen molar-refractivity contribution in [3.05, 3.63) is 22.2 Å². The van der Waals surface area contributed by atoms with Gasteiger partial charge in [-0.1, -0.05) is 23.2 Å². The van der Waals surface area contributed by atoms with E-state index >= 15 is 0 Å². The largest absolute Gasteiger partial charge is 0.450 e. The fraction of sp³-hybridized carbons (Fsp3) is 0.333. The van der Waals surface area contributed by atoms with E-state index in [1.54, 1.807) is 12.1 Å². The highest BCUT2D eigenvalue weighted by Gasteiger charge is 2.39. The minimum atomic E-state index is 0.210. The Bertz CT molecular complexity index is 956. The first-order valence-corrected chi connectivity index (χ1v) is 8.21. The van der Waals surface area contributed by atoms with Crippen LogP contribution in [0.2, 0.25) is 10.0 Å². The molecule has 23 heavy (non-hydrogen) atoms. The normalized spacial score (nSPS) is 23.5. The van der Waals surface area contributed by atoms with Crippen molar-refractivity contribution in [2.45, 2.75) is 18.5 Å². The lowest BCUT2D eigenvalue weighted by Crippen LogP contribution is -2.44. The number of fused-ring (bicyclic) bond motifs is 5. The number of nitrogens with zero attached hydrogens (tertiary/aromatic N) is 3. The van der Waals surface area contributed by atoms with Gasteiger partial charge in [0.1, 0.15) is 11.1 Å². The van der Waals surface area contributed by atoms with Gasteiger partial charge < -0.3 is 20.4 Å². The fourth-order valence-corrected chi connectivity index (χ4v) is 4.09. The van der Waals surface area contributed by atoms with Gasteiger partial charge in [-0.05, 0) is 18.6 Å². The first-order chi connectivity index (χ1) is 11.1. The molecule has 0 radical (unpaired) electrons. The van der Waals surface area contributed by atoms with Gasteiger partial charge in [0, 0.05) is 25.2 Å². The lowest BCUT2D eigenvalue weighted by Gasteiger charge is -2.28. The zero-order valence-corrected chi connectivity index (χ0v) is 13.5. The summed E-state index contributed by atoms with van der Waals surface area (Å²) in [5.74, 6) is 0.951. The summed E-state index contributed by atoms with van der Waals surface area (Å²) >= 11 is 12.5. The van der Waals surface area contributed by atoms with Crippen LogP contribution in [-0.2, 0) is 0 Å². The van der Waals surface area contributed by atoms with Gasteiger partial charge in [0.15, 0.2) is 11.4 Å². The summed E-state index contributed by atoms with van der Waals surface area (Å²) in [6.07, 6.45) is 1.11. The van der Waals surface area contributed by atoms with E-state index in [2.05, 4.69) is 20.2 Å². The topological polar surface area (TPSA) is 80.2 Å². The molecule has 0 spiro atoms. The highest BCUT2D eigenvalue weighted by molar-refractivity contribution is 6.46. The lowest BCUT2D eigenvalue weighted by molar-refractivity contribution is 0.572. The molecule has 2 aliphatic rings. The second-order valence-electron chi connectivity index (χ2n) is 6.07. The number of hydrogen-bond donors (Lipinski definition) is 2. The van der Waals surface area contributed by atoms with E-state index in [-0.39, 0.29) is 5.95 Å². The van der Waals surface area contributed by atoms with E-state index in [9.17, 15) is 0 Å². The van der Waals surface area contributed by atoms with Gasteiger partial charge in [-0.2, -0.15) is 4.98 Å². The van der Waals surface area contributed by atoms with Crippen LogP contribution in [0.25, 0.3) is 22.1 Å². The second-order valence-corrected chi connectivity index (χ2v) is 6.85. The van der Waals surface area contributed by atoms with Crippen LogP contribution in [0.15, 0.2) is 16.5 Å². The number of halogens is 2. The number of rotatable bonds is 1. The average molecular weight is 350 g/mol. The van der Waals surface area contributed by atoms with E-state index < -0.39 is 0 Å². The Morgan fingerprint density at radius 3 is 2.91 bits per heavy atom. The summed E-state index contributed by atoms with van der Waals surface area (Å²) in [6.45, 7) is 1.84. The number of anilines is 2. The van der Waals surface area contributed by atoms with Gasteiger partial charge in [0.05, 0.1) is 15.4 Å². The van der Waals surface area contributed by atoms with E-state index in [4.69, 9.17) is 33.4 Å². The van der Waals surface area contributed by atoms with E-state index in [0.29, 0.717) is 44.2 Å². The second kappa shape index (κ2) is 4.63. The van der Waals surface area contributed by atoms with Gasteiger partial charge in [-0.25, -0.2) is 4.98 Å². The van der Waals surface area contributed by atoms with Gasteiger partial charge in [0.2, 0.25) is 5.95 Å². The van der Waals surface area contributed by atoms with Crippen molar-refractivity contribution in [1.29, 1.82) is 0 Å². The number of nitrogens with one attached hydrogen (secondary N) is 1. The Balaban J connectivity index is 1.82. The highest BCUT2D eigenvalue weighted by atomic mass is 35.5. The Kier molecular flexibility index (Phi) is 2.75. The van der Waals surface area contributed by atoms with Crippen molar-refractivity contribution < 1.29 is 4.42 Å². The molecule has 2 atom stereocenters. The predicted molar refractivity (Wildman–Crippen MR) is 91.3 cm³/mol. The zero-order chi connectivity index (χ0) is 15.7. The van der Waals surface area contributed by atoms with Crippen LogP contribution in [-0.4, -0.2) is 35.1 Å². The number of aromatic nitrogens is 2. The maximum absolute atomic E-state index is 6.36. The molecule has 118 valence electrons. The smallest absolute Gasteiger partial charge is 0.222 e. The molecule has 2 fully saturated rings. The quantitative estimate of drug-likeness (QED) is 0.703. The Labute approximate surface area is 141 Å². The molecular weight excluding hydrogens is 337 g/mol. The van der Waals surface area contributed by atoms with Crippen LogP contribution < -0.4 is 16.0 Å². The molecule has 1 aromatic carbocycles. The number of piperazine rings is 1.